The Labute approximate surface area is 73.2 Å². The summed E-state index contributed by atoms with van der Waals surface area (Å²) in [6, 6.07) is 3.67. The monoisotopic (exact) mass is 183 g/mol. The van der Waals surface area contributed by atoms with E-state index in [0.29, 0.717) is 6.29 Å². The third kappa shape index (κ3) is 1.44. The molecule has 0 aliphatic carbocycles. The molecule has 0 N–H and O–H groups in total. The van der Waals surface area contributed by atoms with Gasteiger partial charge >= 0.3 is 0 Å². The van der Waals surface area contributed by atoms with Crippen LogP contribution in [-0.2, 0) is 0 Å². The molecule has 0 aromatic heterocycles. The third-order valence-electron chi connectivity index (χ3n) is 1.33. The molecule has 12 heavy (non-hydrogen) atoms. The zero-order valence-electron chi connectivity index (χ0n) is 5.84. The second-order valence-electron chi connectivity index (χ2n) is 2.08. The minimum Gasteiger partial charge on any atom is -0.298 e. The summed E-state index contributed by atoms with van der Waals surface area (Å²) in [4.78, 5) is 10.3. The van der Waals surface area contributed by atoms with E-state index >= 15 is 0 Å². The minimum atomic E-state index is -0.715. The molecule has 2 nitrogen and oxygen atoms in total. The van der Waals surface area contributed by atoms with Crippen LogP contribution in [0.2, 0.25) is 5.02 Å². The lowest BCUT2D eigenvalue weighted by atomic mass is 10.1. The van der Waals surface area contributed by atoms with Crippen LogP contribution < -0.4 is 0 Å². The highest BCUT2D eigenvalue weighted by Gasteiger charge is 2.06. The van der Waals surface area contributed by atoms with Crippen molar-refractivity contribution in [3.8, 4) is 6.07 Å². The Kier molecular flexibility index (Phi) is 2.41. The van der Waals surface area contributed by atoms with Crippen LogP contribution in [0.3, 0.4) is 0 Å². The lowest BCUT2D eigenvalue weighted by Crippen LogP contribution is -1.89. The first-order valence-corrected chi connectivity index (χ1v) is 3.41. The van der Waals surface area contributed by atoms with Gasteiger partial charge in [-0.05, 0) is 12.1 Å². The molecule has 0 aliphatic heterocycles. The Morgan fingerprint density at radius 1 is 1.58 bits per heavy atom. The maximum Gasteiger partial charge on any atom is 0.151 e. The molecule has 1 aromatic rings. The highest BCUT2D eigenvalue weighted by Crippen LogP contribution is 2.18. The van der Waals surface area contributed by atoms with Crippen LogP contribution in [0, 0.1) is 17.1 Å². The van der Waals surface area contributed by atoms with Crippen molar-refractivity contribution in [1.82, 2.24) is 0 Å². The normalized spacial score (nSPS) is 9.08. The largest absolute Gasteiger partial charge is 0.298 e. The van der Waals surface area contributed by atoms with Gasteiger partial charge in [-0.2, -0.15) is 5.26 Å². The molecule has 60 valence electrons. The first kappa shape index (κ1) is 8.69. The van der Waals surface area contributed by atoms with E-state index in [-0.39, 0.29) is 16.1 Å². The van der Waals surface area contributed by atoms with Gasteiger partial charge in [0.05, 0.1) is 10.6 Å². The number of nitrogens with zero attached hydrogens (tertiary/aromatic N) is 1. The lowest BCUT2D eigenvalue weighted by Gasteiger charge is -1.97. The van der Waals surface area contributed by atoms with Gasteiger partial charge in [-0.25, -0.2) is 4.39 Å². The van der Waals surface area contributed by atoms with Crippen LogP contribution in [0.1, 0.15) is 15.9 Å². The molecule has 0 aliphatic rings. The summed E-state index contributed by atoms with van der Waals surface area (Å²) in [6.45, 7) is 0. The summed E-state index contributed by atoms with van der Waals surface area (Å²) < 4.78 is 12.7. The van der Waals surface area contributed by atoms with Crippen molar-refractivity contribution in [2.45, 2.75) is 0 Å². The maximum absolute atomic E-state index is 12.7. The Balaban J connectivity index is 3.39. The van der Waals surface area contributed by atoms with Crippen LogP contribution >= 0.6 is 11.6 Å². The summed E-state index contributed by atoms with van der Waals surface area (Å²) in [6.07, 6.45) is 0.475. The molecular formula is C8H3ClFNO. The summed E-state index contributed by atoms with van der Waals surface area (Å²) >= 11 is 5.48. The number of aldehydes is 1. The van der Waals surface area contributed by atoms with E-state index in [4.69, 9.17) is 16.9 Å². The van der Waals surface area contributed by atoms with Crippen LogP contribution in [-0.4, -0.2) is 6.29 Å². The van der Waals surface area contributed by atoms with Crippen LogP contribution in [0.25, 0.3) is 0 Å². The number of benzene rings is 1. The van der Waals surface area contributed by atoms with Gasteiger partial charge in [0.2, 0.25) is 0 Å². The average molecular weight is 184 g/mol. The highest BCUT2D eigenvalue weighted by atomic mass is 35.5. The van der Waals surface area contributed by atoms with Crippen molar-refractivity contribution in [3.05, 3.63) is 34.1 Å². The van der Waals surface area contributed by atoms with Crippen LogP contribution in [0.15, 0.2) is 12.1 Å². The molecule has 1 rings (SSSR count). The molecule has 0 heterocycles. The van der Waals surface area contributed by atoms with Gasteiger partial charge in [0.15, 0.2) is 6.29 Å². The molecule has 0 fully saturated rings. The first-order valence-electron chi connectivity index (χ1n) is 3.03. The molecule has 0 amide bonds. The Hall–Kier alpha value is -1.40. The molecule has 0 saturated carbocycles. The fourth-order valence-electron chi connectivity index (χ4n) is 0.742. The first-order chi connectivity index (χ1) is 5.69. The zero-order chi connectivity index (χ0) is 9.14. The number of carbonyl (C=O) groups excluding carboxylic acids is 1. The van der Waals surface area contributed by atoms with Gasteiger partial charge in [-0.15, -0.1) is 0 Å². The highest BCUT2D eigenvalue weighted by molar-refractivity contribution is 6.33. The van der Waals surface area contributed by atoms with E-state index in [1.807, 2.05) is 0 Å². The topological polar surface area (TPSA) is 40.9 Å². The lowest BCUT2D eigenvalue weighted by molar-refractivity contribution is 0.112. The van der Waals surface area contributed by atoms with E-state index in [2.05, 4.69) is 0 Å². The van der Waals surface area contributed by atoms with E-state index < -0.39 is 5.82 Å². The standard InChI is InChI=1S/C8H3ClFNO/c9-7-2-8(10)5(3-11)1-6(7)4-12/h1-2,4H. The van der Waals surface area contributed by atoms with Crippen LogP contribution in [0.5, 0.6) is 0 Å². The van der Waals surface area contributed by atoms with E-state index in [9.17, 15) is 9.18 Å². The number of hydrogen-bond donors (Lipinski definition) is 0. The number of rotatable bonds is 1. The number of nitriles is 1. The van der Waals surface area contributed by atoms with Crippen molar-refractivity contribution in [2.75, 3.05) is 0 Å². The van der Waals surface area contributed by atoms with Crippen molar-refractivity contribution >= 4 is 17.9 Å². The number of hydrogen-bond acceptors (Lipinski definition) is 2. The molecule has 0 unspecified atom stereocenters. The van der Waals surface area contributed by atoms with Crippen molar-refractivity contribution in [3.63, 3.8) is 0 Å². The molecule has 0 bridgehead atoms. The minimum absolute atomic E-state index is 0.0153. The molecular weight excluding hydrogens is 181 g/mol. The summed E-state index contributed by atoms with van der Waals surface area (Å²) in [7, 11) is 0. The SMILES string of the molecule is N#Cc1cc(C=O)c(Cl)cc1F. The predicted octanol–water partition coefficient (Wildman–Crippen LogP) is 2.16. The molecule has 4 heteroatoms. The number of halogens is 2. The molecule has 0 radical (unpaired) electrons. The fraction of sp³-hybridized carbons (Fsp3) is 0. The summed E-state index contributed by atoms with van der Waals surface area (Å²) in [5, 5.41) is 8.40. The van der Waals surface area contributed by atoms with Gasteiger partial charge in [0.1, 0.15) is 11.9 Å². The van der Waals surface area contributed by atoms with Gasteiger partial charge in [-0.1, -0.05) is 11.6 Å². The van der Waals surface area contributed by atoms with Crippen molar-refractivity contribution in [2.24, 2.45) is 0 Å². The number of carbonyl (C=O) groups is 1. The molecule has 0 atom stereocenters. The zero-order valence-corrected chi connectivity index (χ0v) is 6.60. The second kappa shape index (κ2) is 3.33. The maximum atomic E-state index is 12.7. The smallest absolute Gasteiger partial charge is 0.151 e. The summed E-state index contributed by atoms with van der Waals surface area (Å²) in [5.74, 6) is -0.715. The second-order valence-corrected chi connectivity index (χ2v) is 2.49. The van der Waals surface area contributed by atoms with Gasteiger partial charge in [0, 0.05) is 5.56 Å². The van der Waals surface area contributed by atoms with Crippen molar-refractivity contribution in [1.29, 1.82) is 5.26 Å². The van der Waals surface area contributed by atoms with E-state index in [1.54, 1.807) is 6.07 Å². The Morgan fingerprint density at radius 2 is 2.25 bits per heavy atom. The van der Waals surface area contributed by atoms with E-state index in [1.165, 1.54) is 0 Å². The van der Waals surface area contributed by atoms with E-state index in [0.717, 1.165) is 12.1 Å². The Bertz CT molecular complexity index is 370. The van der Waals surface area contributed by atoms with Crippen molar-refractivity contribution < 1.29 is 9.18 Å². The molecule has 1 aromatic carbocycles. The molecule has 0 saturated heterocycles. The third-order valence-corrected chi connectivity index (χ3v) is 1.66. The molecule has 0 spiro atoms. The van der Waals surface area contributed by atoms with Gasteiger partial charge in [0.25, 0.3) is 0 Å². The quantitative estimate of drug-likeness (QED) is 0.626. The fourth-order valence-corrected chi connectivity index (χ4v) is 0.937. The van der Waals surface area contributed by atoms with Crippen LogP contribution in [0.4, 0.5) is 4.39 Å². The van der Waals surface area contributed by atoms with Gasteiger partial charge < -0.3 is 0 Å². The average Bonchev–Trinajstić information content (AvgIpc) is 2.05. The Morgan fingerprint density at radius 3 is 2.75 bits per heavy atom. The summed E-state index contributed by atoms with van der Waals surface area (Å²) in [5.41, 5.74) is -0.0592. The predicted molar refractivity (Wildman–Crippen MR) is 41.5 cm³/mol. The van der Waals surface area contributed by atoms with Gasteiger partial charge in [-0.3, -0.25) is 4.79 Å².